The van der Waals surface area contributed by atoms with Gasteiger partial charge in [0.15, 0.2) is 0 Å². The second-order valence-corrected chi connectivity index (χ2v) is 7.26. The molecule has 0 atom stereocenters. The van der Waals surface area contributed by atoms with Gasteiger partial charge in [-0.1, -0.05) is 29.4 Å². The van der Waals surface area contributed by atoms with Gasteiger partial charge in [-0.15, -0.1) is 5.10 Å². The highest BCUT2D eigenvalue weighted by Gasteiger charge is 2.14. The first-order valence-electron chi connectivity index (χ1n) is 8.22. The Hall–Kier alpha value is -2.12. The van der Waals surface area contributed by atoms with Crippen molar-refractivity contribution < 1.29 is 4.79 Å². The molecule has 1 amide bonds. The van der Waals surface area contributed by atoms with Gasteiger partial charge in [0.25, 0.3) is 5.78 Å². The maximum atomic E-state index is 12.3. The fraction of sp³-hybridized carbons (Fsp3) is 0.333. The van der Waals surface area contributed by atoms with E-state index in [0.717, 1.165) is 22.5 Å². The van der Waals surface area contributed by atoms with Crippen molar-refractivity contribution in [3.8, 4) is 0 Å². The number of carbonyl (C=O) groups excluding carboxylic acids is 1. The number of hydrogen-bond donors (Lipinski definition) is 1. The molecule has 0 saturated heterocycles. The van der Waals surface area contributed by atoms with Crippen LogP contribution < -0.4 is 5.32 Å². The third-order valence-corrected chi connectivity index (χ3v) is 5.22. The highest BCUT2D eigenvalue weighted by atomic mass is 35.5. The number of hydrogen-bond acceptors (Lipinski definition) is 5. The molecule has 3 aromatic rings. The number of fused-ring (bicyclic) bond motifs is 1. The molecule has 0 spiro atoms. The van der Waals surface area contributed by atoms with Gasteiger partial charge in [-0.05, 0) is 56.7 Å². The van der Waals surface area contributed by atoms with Crippen molar-refractivity contribution >= 4 is 40.7 Å². The summed E-state index contributed by atoms with van der Waals surface area (Å²) in [5.74, 6) is 0.527. The summed E-state index contributed by atoms with van der Waals surface area (Å²) in [6, 6.07) is 5.50. The van der Waals surface area contributed by atoms with Gasteiger partial charge in [0.2, 0.25) is 11.1 Å². The van der Waals surface area contributed by atoms with E-state index >= 15 is 0 Å². The lowest BCUT2D eigenvalue weighted by atomic mass is 10.1. The second-order valence-electron chi connectivity index (χ2n) is 6.08. The van der Waals surface area contributed by atoms with Crippen LogP contribution in [0.1, 0.15) is 28.9 Å². The molecule has 2 heterocycles. The molecule has 0 aliphatic rings. The lowest BCUT2D eigenvalue weighted by Crippen LogP contribution is -2.14. The van der Waals surface area contributed by atoms with Gasteiger partial charge in [-0.25, -0.2) is 9.50 Å². The number of halogens is 1. The van der Waals surface area contributed by atoms with Gasteiger partial charge in [0.05, 0.1) is 0 Å². The van der Waals surface area contributed by atoms with E-state index in [4.69, 9.17) is 11.6 Å². The Labute approximate surface area is 161 Å². The Bertz CT molecular complexity index is 985. The summed E-state index contributed by atoms with van der Waals surface area (Å²) in [6.45, 7) is 5.84. The molecule has 1 aromatic carbocycles. The molecule has 0 fully saturated rings. The van der Waals surface area contributed by atoms with Gasteiger partial charge in [0.1, 0.15) is 0 Å². The summed E-state index contributed by atoms with van der Waals surface area (Å²) in [5.41, 5.74) is 4.54. The smallest absolute Gasteiger partial charge is 0.253 e. The molecule has 3 rings (SSSR count). The molecule has 0 saturated carbocycles. The zero-order valence-electron chi connectivity index (χ0n) is 15.1. The quantitative estimate of drug-likeness (QED) is 0.668. The van der Waals surface area contributed by atoms with Crippen LogP contribution in [-0.2, 0) is 11.2 Å². The van der Waals surface area contributed by atoms with E-state index in [1.807, 2.05) is 39.2 Å². The van der Waals surface area contributed by atoms with E-state index < -0.39 is 0 Å². The molecule has 26 heavy (non-hydrogen) atoms. The van der Waals surface area contributed by atoms with E-state index in [-0.39, 0.29) is 5.91 Å². The van der Waals surface area contributed by atoms with Gasteiger partial charge in [-0.3, -0.25) is 4.79 Å². The Morgan fingerprint density at radius 1 is 1.27 bits per heavy atom. The van der Waals surface area contributed by atoms with Crippen molar-refractivity contribution in [3.63, 3.8) is 0 Å². The third kappa shape index (κ3) is 3.83. The summed E-state index contributed by atoms with van der Waals surface area (Å²) >= 11 is 7.58. The zero-order valence-corrected chi connectivity index (χ0v) is 16.7. The third-order valence-electron chi connectivity index (χ3n) is 4.27. The number of aryl methyl sites for hydroxylation is 3. The molecular formula is C18H20ClN5OS. The van der Waals surface area contributed by atoms with E-state index in [9.17, 15) is 4.79 Å². The number of carbonyl (C=O) groups is 1. The average molecular weight is 390 g/mol. The van der Waals surface area contributed by atoms with Crippen LogP contribution in [0.25, 0.3) is 5.78 Å². The van der Waals surface area contributed by atoms with E-state index in [0.29, 0.717) is 34.5 Å². The molecule has 0 unspecified atom stereocenters. The fourth-order valence-corrected chi connectivity index (χ4v) is 3.29. The topological polar surface area (TPSA) is 72.2 Å². The standard InChI is InChI=1S/C18H20ClN5OS/c1-10-5-6-13(9-15(10)19)21-16(25)8-7-14-11(2)20-17-22-18(26-4)23-24(17)12(14)3/h5-6,9H,7-8H2,1-4H3,(H,21,25). The first-order valence-corrected chi connectivity index (χ1v) is 9.82. The summed E-state index contributed by atoms with van der Waals surface area (Å²) in [6.07, 6.45) is 2.87. The van der Waals surface area contributed by atoms with Crippen LogP contribution in [0.4, 0.5) is 5.69 Å². The Morgan fingerprint density at radius 3 is 2.73 bits per heavy atom. The van der Waals surface area contributed by atoms with Gasteiger partial charge in [0, 0.05) is 28.5 Å². The first kappa shape index (κ1) is 18.7. The van der Waals surface area contributed by atoms with Crippen LogP contribution in [0, 0.1) is 20.8 Å². The van der Waals surface area contributed by atoms with Crippen LogP contribution in [0.15, 0.2) is 23.4 Å². The second kappa shape index (κ2) is 7.63. The van der Waals surface area contributed by atoms with Crippen molar-refractivity contribution in [3.05, 3.63) is 45.7 Å². The minimum atomic E-state index is -0.0628. The molecule has 1 N–H and O–H groups in total. The van der Waals surface area contributed by atoms with Crippen molar-refractivity contribution in [2.24, 2.45) is 0 Å². The predicted molar refractivity (Wildman–Crippen MR) is 105 cm³/mol. The number of benzene rings is 1. The van der Waals surface area contributed by atoms with Crippen LogP contribution in [-0.4, -0.2) is 31.7 Å². The minimum absolute atomic E-state index is 0.0628. The SMILES string of the molecule is CSc1nc2nc(C)c(CCC(=O)Nc3ccc(C)c(Cl)c3)c(C)n2n1. The van der Waals surface area contributed by atoms with E-state index in [1.165, 1.54) is 11.8 Å². The first-order chi connectivity index (χ1) is 12.4. The monoisotopic (exact) mass is 389 g/mol. The number of nitrogens with zero attached hydrogens (tertiary/aromatic N) is 4. The maximum Gasteiger partial charge on any atom is 0.253 e. The lowest BCUT2D eigenvalue weighted by Gasteiger charge is -2.11. The number of aromatic nitrogens is 4. The number of nitrogens with one attached hydrogen (secondary N) is 1. The molecule has 6 nitrogen and oxygen atoms in total. The molecule has 2 aromatic heterocycles. The predicted octanol–water partition coefficient (Wildman–Crippen LogP) is 4.00. The Morgan fingerprint density at radius 2 is 2.04 bits per heavy atom. The summed E-state index contributed by atoms with van der Waals surface area (Å²) < 4.78 is 1.74. The minimum Gasteiger partial charge on any atom is -0.326 e. The lowest BCUT2D eigenvalue weighted by molar-refractivity contribution is -0.116. The fourth-order valence-electron chi connectivity index (χ4n) is 2.77. The average Bonchev–Trinajstić information content (AvgIpc) is 3.01. The van der Waals surface area contributed by atoms with Crippen molar-refractivity contribution in [1.82, 2.24) is 19.6 Å². The zero-order chi connectivity index (χ0) is 18.8. The van der Waals surface area contributed by atoms with Crippen LogP contribution >= 0.6 is 23.4 Å². The molecule has 0 aliphatic carbocycles. The summed E-state index contributed by atoms with van der Waals surface area (Å²) in [4.78, 5) is 21.2. The number of anilines is 1. The van der Waals surface area contributed by atoms with Crippen molar-refractivity contribution in [2.45, 2.75) is 38.8 Å². The molecule has 0 aliphatic heterocycles. The number of rotatable bonds is 5. The van der Waals surface area contributed by atoms with Crippen LogP contribution in [0.5, 0.6) is 0 Å². The normalized spacial score (nSPS) is 11.1. The largest absolute Gasteiger partial charge is 0.326 e. The molecule has 0 bridgehead atoms. The Kier molecular flexibility index (Phi) is 5.48. The van der Waals surface area contributed by atoms with Gasteiger partial charge in [-0.2, -0.15) is 4.98 Å². The highest BCUT2D eigenvalue weighted by molar-refractivity contribution is 7.98. The molecule has 136 valence electrons. The molecule has 0 radical (unpaired) electrons. The maximum absolute atomic E-state index is 12.3. The van der Waals surface area contributed by atoms with Crippen molar-refractivity contribution in [2.75, 3.05) is 11.6 Å². The summed E-state index contributed by atoms with van der Waals surface area (Å²) in [7, 11) is 0. The Balaban J connectivity index is 1.74. The summed E-state index contributed by atoms with van der Waals surface area (Å²) in [5, 5.41) is 8.65. The van der Waals surface area contributed by atoms with E-state index in [1.54, 1.807) is 10.6 Å². The van der Waals surface area contributed by atoms with Gasteiger partial charge < -0.3 is 5.32 Å². The number of amides is 1. The van der Waals surface area contributed by atoms with Gasteiger partial charge >= 0.3 is 0 Å². The molecule has 8 heteroatoms. The molecular weight excluding hydrogens is 370 g/mol. The number of thioether (sulfide) groups is 1. The van der Waals surface area contributed by atoms with E-state index in [2.05, 4.69) is 20.4 Å². The van der Waals surface area contributed by atoms with Crippen LogP contribution in [0.2, 0.25) is 5.02 Å². The highest BCUT2D eigenvalue weighted by Crippen LogP contribution is 2.21. The van der Waals surface area contributed by atoms with Crippen molar-refractivity contribution in [1.29, 1.82) is 0 Å². The van der Waals surface area contributed by atoms with Crippen LogP contribution in [0.3, 0.4) is 0 Å².